The second-order valence-electron chi connectivity index (χ2n) is 7.51. The summed E-state index contributed by atoms with van der Waals surface area (Å²) in [5.41, 5.74) is 3.29. The van der Waals surface area contributed by atoms with E-state index in [1.165, 1.54) is 11.8 Å². The van der Waals surface area contributed by atoms with Gasteiger partial charge in [0.25, 0.3) is 5.56 Å². The molecule has 0 fully saturated rings. The Kier molecular flexibility index (Phi) is 5.63. The van der Waals surface area contributed by atoms with E-state index < -0.39 is 0 Å². The number of ether oxygens (including phenoxy) is 1. The standard InChI is InChI=1S/C24H23N5O2S/c1-3-31-14-8-13-28-23(30)17-9-4-6-11-19(17)25-24(28)32-22-18-10-5-7-12-20(18)29-21(26-22)15-16(2)27-29/h4-7,9-12,15H,3,8,13-14H2,1-2H3. The van der Waals surface area contributed by atoms with Crippen LogP contribution in [0.2, 0.25) is 0 Å². The smallest absolute Gasteiger partial charge is 0.262 e. The maximum atomic E-state index is 13.3. The van der Waals surface area contributed by atoms with E-state index in [1.807, 2.05) is 73.0 Å². The number of hydrogen-bond donors (Lipinski definition) is 0. The molecule has 0 unspecified atom stereocenters. The van der Waals surface area contributed by atoms with Gasteiger partial charge in [0.05, 0.1) is 22.1 Å². The topological polar surface area (TPSA) is 74.3 Å². The predicted molar refractivity (Wildman–Crippen MR) is 126 cm³/mol. The van der Waals surface area contributed by atoms with Crippen molar-refractivity contribution < 1.29 is 4.74 Å². The predicted octanol–water partition coefficient (Wildman–Crippen LogP) is 4.48. The Morgan fingerprint density at radius 2 is 1.81 bits per heavy atom. The van der Waals surface area contributed by atoms with Crippen molar-refractivity contribution >= 4 is 39.2 Å². The van der Waals surface area contributed by atoms with Gasteiger partial charge in [-0.25, -0.2) is 14.5 Å². The quantitative estimate of drug-likeness (QED) is 0.209. The average molecular weight is 446 g/mol. The van der Waals surface area contributed by atoms with E-state index in [0.29, 0.717) is 35.8 Å². The molecule has 0 radical (unpaired) electrons. The van der Waals surface area contributed by atoms with Gasteiger partial charge in [-0.2, -0.15) is 5.10 Å². The van der Waals surface area contributed by atoms with Crippen LogP contribution in [0.25, 0.3) is 27.5 Å². The number of aryl methyl sites for hydroxylation is 1. The van der Waals surface area contributed by atoms with E-state index in [9.17, 15) is 4.79 Å². The number of aromatic nitrogens is 5. The van der Waals surface area contributed by atoms with Crippen LogP contribution in [0, 0.1) is 6.92 Å². The molecule has 162 valence electrons. The summed E-state index contributed by atoms with van der Waals surface area (Å²) in [5.74, 6) is 0. The van der Waals surface area contributed by atoms with Gasteiger partial charge >= 0.3 is 0 Å². The maximum Gasteiger partial charge on any atom is 0.262 e. The molecule has 7 nitrogen and oxygen atoms in total. The summed E-state index contributed by atoms with van der Waals surface area (Å²) < 4.78 is 9.09. The normalized spacial score (nSPS) is 11.7. The number of benzene rings is 2. The van der Waals surface area contributed by atoms with Crippen molar-refractivity contribution in [2.24, 2.45) is 0 Å². The Bertz CT molecular complexity index is 1490. The largest absolute Gasteiger partial charge is 0.382 e. The van der Waals surface area contributed by atoms with E-state index in [4.69, 9.17) is 14.7 Å². The number of fused-ring (bicyclic) bond motifs is 4. The van der Waals surface area contributed by atoms with Crippen LogP contribution in [0.15, 0.2) is 69.6 Å². The van der Waals surface area contributed by atoms with Crippen molar-refractivity contribution in [1.29, 1.82) is 0 Å². The summed E-state index contributed by atoms with van der Waals surface area (Å²) in [4.78, 5) is 23.0. The fourth-order valence-corrected chi connectivity index (χ4v) is 4.83. The summed E-state index contributed by atoms with van der Waals surface area (Å²) in [7, 11) is 0. The molecule has 5 aromatic rings. The molecule has 0 amide bonds. The van der Waals surface area contributed by atoms with E-state index in [-0.39, 0.29) is 5.56 Å². The van der Waals surface area contributed by atoms with Gasteiger partial charge in [0.1, 0.15) is 5.03 Å². The highest BCUT2D eigenvalue weighted by molar-refractivity contribution is 7.99. The summed E-state index contributed by atoms with van der Waals surface area (Å²) in [5, 5.41) is 7.60. The van der Waals surface area contributed by atoms with E-state index in [1.54, 1.807) is 4.57 Å². The Labute approximate surface area is 189 Å². The highest BCUT2D eigenvalue weighted by Crippen LogP contribution is 2.32. The molecule has 5 rings (SSSR count). The Balaban J connectivity index is 1.66. The van der Waals surface area contributed by atoms with Gasteiger partial charge in [-0.3, -0.25) is 9.36 Å². The Morgan fingerprint density at radius 3 is 2.66 bits per heavy atom. The van der Waals surface area contributed by atoms with Crippen molar-refractivity contribution in [2.45, 2.75) is 37.0 Å². The molecule has 3 heterocycles. The molecule has 2 aromatic carbocycles. The highest BCUT2D eigenvalue weighted by Gasteiger charge is 2.16. The van der Waals surface area contributed by atoms with Crippen LogP contribution in [-0.4, -0.2) is 37.4 Å². The van der Waals surface area contributed by atoms with Crippen LogP contribution < -0.4 is 5.56 Å². The minimum Gasteiger partial charge on any atom is -0.382 e. The van der Waals surface area contributed by atoms with Gasteiger partial charge < -0.3 is 4.74 Å². The van der Waals surface area contributed by atoms with Gasteiger partial charge in [-0.1, -0.05) is 30.3 Å². The van der Waals surface area contributed by atoms with Gasteiger partial charge in [-0.15, -0.1) is 0 Å². The lowest BCUT2D eigenvalue weighted by molar-refractivity contribution is 0.140. The lowest BCUT2D eigenvalue weighted by Gasteiger charge is -2.14. The molecule has 0 aliphatic rings. The number of nitrogens with zero attached hydrogens (tertiary/aromatic N) is 5. The van der Waals surface area contributed by atoms with Crippen LogP contribution in [0.3, 0.4) is 0 Å². The number of hydrogen-bond acceptors (Lipinski definition) is 6. The van der Waals surface area contributed by atoms with Gasteiger partial charge in [-0.05, 0) is 50.2 Å². The lowest BCUT2D eigenvalue weighted by atomic mass is 10.2. The van der Waals surface area contributed by atoms with Gasteiger partial charge in [0.2, 0.25) is 0 Å². The molecular formula is C24H23N5O2S. The fraction of sp³-hybridized carbons (Fsp3) is 0.250. The minimum atomic E-state index is -0.0415. The molecule has 0 saturated heterocycles. The molecule has 3 aromatic heterocycles. The molecule has 0 atom stereocenters. The summed E-state index contributed by atoms with van der Waals surface area (Å²) >= 11 is 1.42. The first kappa shape index (κ1) is 20.7. The third kappa shape index (κ3) is 3.76. The molecule has 0 aliphatic heterocycles. The molecule has 0 aliphatic carbocycles. The van der Waals surface area contributed by atoms with Crippen LogP contribution in [-0.2, 0) is 11.3 Å². The third-order valence-corrected chi connectivity index (χ3v) is 6.28. The first-order chi connectivity index (χ1) is 15.7. The summed E-state index contributed by atoms with van der Waals surface area (Å²) in [6, 6.07) is 17.5. The molecule has 8 heteroatoms. The monoisotopic (exact) mass is 445 g/mol. The average Bonchev–Trinajstić information content (AvgIpc) is 3.19. The lowest BCUT2D eigenvalue weighted by Crippen LogP contribution is -2.24. The first-order valence-corrected chi connectivity index (χ1v) is 11.5. The van der Waals surface area contributed by atoms with E-state index >= 15 is 0 Å². The molecule has 0 bridgehead atoms. The molecule has 32 heavy (non-hydrogen) atoms. The van der Waals surface area contributed by atoms with Crippen LogP contribution in [0.5, 0.6) is 0 Å². The second-order valence-corrected chi connectivity index (χ2v) is 8.47. The maximum absolute atomic E-state index is 13.3. The number of para-hydroxylation sites is 2. The Hall–Kier alpha value is -3.23. The Morgan fingerprint density at radius 1 is 1.03 bits per heavy atom. The summed E-state index contributed by atoms with van der Waals surface area (Å²) in [6.07, 6.45) is 0.732. The van der Waals surface area contributed by atoms with Crippen LogP contribution in [0.1, 0.15) is 19.0 Å². The van der Waals surface area contributed by atoms with Crippen molar-refractivity contribution in [3.05, 3.63) is 70.6 Å². The zero-order valence-electron chi connectivity index (χ0n) is 18.0. The van der Waals surface area contributed by atoms with Gasteiger partial charge in [0, 0.05) is 31.2 Å². The van der Waals surface area contributed by atoms with Gasteiger partial charge in [0.15, 0.2) is 10.8 Å². The zero-order chi connectivity index (χ0) is 22.1. The zero-order valence-corrected chi connectivity index (χ0v) is 18.8. The summed E-state index contributed by atoms with van der Waals surface area (Å²) in [6.45, 7) is 5.72. The third-order valence-electron chi connectivity index (χ3n) is 5.28. The molecule has 0 N–H and O–H groups in total. The van der Waals surface area contributed by atoms with Crippen molar-refractivity contribution in [3.63, 3.8) is 0 Å². The fourth-order valence-electron chi connectivity index (χ4n) is 3.80. The van der Waals surface area contributed by atoms with Crippen molar-refractivity contribution in [3.8, 4) is 0 Å². The molecule has 0 saturated carbocycles. The minimum absolute atomic E-state index is 0.0415. The second kappa shape index (κ2) is 8.72. The highest BCUT2D eigenvalue weighted by atomic mass is 32.2. The molecule has 0 spiro atoms. The van der Waals surface area contributed by atoms with E-state index in [0.717, 1.165) is 33.7 Å². The first-order valence-electron chi connectivity index (χ1n) is 10.7. The number of rotatable bonds is 7. The van der Waals surface area contributed by atoms with E-state index in [2.05, 4.69) is 5.10 Å². The SMILES string of the molecule is CCOCCCn1c(Sc2nc3cc(C)nn3c3ccccc23)nc2ccccc2c1=O. The molecular weight excluding hydrogens is 422 g/mol. The van der Waals surface area contributed by atoms with Crippen molar-refractivity contribution in [1.82, 2.24) is 24.1 Å². The van der Waals surface area contributed by atoms with Crippen molar-refractivity contribution in [2.75, 3.05) is 13.2 Å². The van der Waals surface area contributed by atoms with Crippen LogP contribution >= 0.6 is 11.8 Å². The van der Waals surface area contributed by atoms with Crippen LogP contribution in [0.4, 0.5) is 0 Å².